The molecular formula is C25H28N2O5S. The van der Waals surface area contributed by atoms with E-state index in [4.69, 9.17) is 4.74 Å². The van der Waals surface area contributed by atoms with Crippen LogP contribution in [0.15, 0.2) is 54.6 Å². The number of amides is 2. The van der Waals surface area contributed by atoms with Crippen molar-refractivity contribution in [2.45, 2.75) is 42.0 Å². The standard InChI is InChI=1S/C25H28N2O5S/c1-2-17(15-28)27-21-23(30)26(14-16-8-4-3-5-9-16)12-7-11-25(21)20(22(27)29)19-18(33-25)10-6-13-32-24(19)31/h3-11,17-21,28H,2,12-15H2,1H3/t17-,18+,19-,20-,21?,25-/m0/s1. The second kappa shape index (κ2) is 8.65. The Bertz CT molecular complexity index is 1010. The van der Waals surface area contributed by atoms with Crippen LogP contribution in [0.4, 0.5) is 0 Å². The molecule has 1 aromatic rings. The van der Waals surface area contributed by atoms with E-state index >= 15 is 0 Å². The van der Waals surface area contributed by atoms with E-state index in [1.54, 1.807) is 9.80 Å². The summed E-state index contributed by atoms with van der Waals surface area (Å²) in [7, 11) is 0. The number of aliphatic hydroxyl groups is 1. The van der Waals surface area contributed by atoms with Gasteiger partial charge in [0.15, 0.2) is 0 Å². The van der Waals surface area contributed by atoms with Crippen LogP contribution in [0.1, 0.15) is 18.9 Å². The maximum Gasteiger partial charge on any atom is 0.311 e. The number of carbonyl (C=O) groups excluding carboxylic acids is 3. The summed E-state index contributed by atoms with van der Waals surface area (Å²) < 4.78 is 4.50. The molecule has 5 rings (SSSR count). The van der Waals surface area contributed by atoms with Crippen molar-refractivity contribution in [3.63, 3.8) is 0 Å². The van der Waals surface area contributed by atoms with Crippen LogP contribution in [0.2, 0.25) is 0 Å². The fraction of sp³-hybridized carbons (Fsp3) is 0.480. The average Bonchev–Trinajstić information content (AvgIpc) is 3.13. The van der Waals surface area contributed by atoms with Gasteiger partial charge >= 0.3 is 5.97 Å². The number of benzene rings is 1. The minimum atomic E-state index is -0.877. The molecule has 2 amide bonds. The highest BCUT2D eigenvalue weighted by Crippen LogP contribution is 2.61. The highest BCUT2D eigenvalue weighted by Gasteiger charge is 2.71. The summed E-state index contributed by atoms with van der Waals surface area (Å²) in [6.45, 7) is 2.71. The lowest BCUT2D eigenvalue weighted by Gasteiger charge is -2.38. The number of thioether (sulfide) groups is 1. The van der Waals surface area contributed by atoms with Crippen molar-refractivity contribution < 1.29 is 24.2 Å². The zero-order chi connectivity index (χ0) is 23.2. The van der Waals surface area contributed by atoms with Crippen LogP contribution >= 0.6 is 11.8 Å². The summed E-state index contributed by atoms with van der Waals surface area (Å²) in [5.41, 5.74) is 1.01. The average molecular weight is 469 g/mol. The fourth-order valence-corrected chi connectivity index (χ4v) is 7.70. The number of ether oxygens (including phenoxy) is 1. The van der Waals surface area contributed by atoms with Gasteiger partial charge in [-0.05, 0) is 12.0 Å². The van der Waals surface area contributed by atoms with Gasteiger partial charge in [-0.3, -0.25) is 14.4 Å². The summed E-state index contributed by atoms with van der Waals surface area (Å²) in [6.07, 6.45) is 8.21. The monoisotopic (exact) mass is 468 g/mol. The van der Waals surface area contributed by atoms with Crippen LogP contribution in [0.25, 0.3) is 0 Å². The number of hydrogen-bond acceptors (Lipinski definition) is 6. The van der Waals surface area contributed by atoms with Crippen molar-refractivity contribution in [2.24, 2.45) is 11.8 Å². The Labute approximate surface area is 197 Å². The van der Waals surface area contributed by atoms with Gasteiger partial charge in [0, 0.05) is 18.3 Å². The molecule has 1 N–H and O–H groups in total. The van der Waals surface area contributed by atoms with Gasteiger partial charge < -0.3 is 19.6 Å². The van der Waals surface area contributed by atoms with Crippen molar-refractivity contribution in [3.8, 4) is 0 Å². The van der Waals surface area contributed by atoms with Crippen molar-refractivity contribution in [2.75, 3.05) is 19.8 Å². The summed E-state index contributed by atoms with van der Waals surface area (Å²) in [5, 5.41) is 9.87. The van der Waals surface area contributed by atoms with Gasteiger partial charge in [-0.1, -0.05) is 61.6 Å². The Morgan fingerprint density at radius 3 is 2.70 bits per heavy atom. The summed E-state index contributed by atoms with van der Waals surface area (Å²) in [5.74, 6) is -2.13. The van der Waals surface area contributed by atoms with Crippen molar-refractivity contribution in [1.82, 2.24) is 9.80 Å². The third-order valence-corrected chi connectivity index (χ3v) is 8.97. The Balaban J connectivity index is 1.59. The number of aliphatic hydroxyl groups excluding tert-OH is 1. The Kier molecular flexibility index (Phi) is 5.82. The van der Waals surface area contributed by atoms with E-state index in [1.807, 2.05) is 61.6 Å². The minimum Gasteiger partial charge on any atom is -0.461 e. The fourth-order valence-electron chi connectivity index (χ4n) is 5.71. The lowest BCUT2D eigenvalue weighted by atomic mass is 9.78. The predicted octanol–water partition coefficient (Wildman–Crippen LogP) is 1.77. The topological polar surface area (TPSA) is 87.2 Å². The molecule has 0 aliphatic carbocycles. The third-order valence-electron chi connectivity index (χ3n) is 7.23. The van der Waals surface area contributed by atoms with Gasteiger partial charge in [0.2, 0.25) is 11.8 Å². The van der Waals surface area contributed by atoms with E-state index in [1.165, 1.54) is 11.8 Å². The second-order valence-electron chi connectivity index (χ2n) is 9.00. The lowest BCUT2D eigenvalue weighted by Crippen LogP contribution is -2.56. The normalized spacial score (nSPS) is 33.8. The summed E-state index contributed by atoms with van der Waals surface area (Å²) >= 11 is 1.52. The van der Waals surface area contributed by atoms with Gasteiger partial charge in [0.05, 0.1) is 29.2 Å². The van der Waals surface area contributed by atoms with E-state index in [-0.39, 0.29) is 30.3 Å². The molecular weight excluding hydrogens is 440 g/mol. The van der Waals surface area contributed by atoms with Crippen LogP contribution in [-0.2, 0) is 25.7 Å². The molecule has 0 aromatic heterocycles. The van der Waals surface area contributed by atoms with E-state index in [2.05, 4.69) is 0 Å². The molecule has 0 radical (unpaired) electrons. The molecule has 1 aromatic carbocycles. The molecule has 4 aliphatic rings. The molecule has 6 atom stereocenters. The maximum atomic E-state index is 14.1. The van der Waals surface area contributed by atoms with Gasteiger partial charge in [-0.15, -0.1) is 11.8 Å². The highest BCUT2D eigenvalue weighted by atomic mass is 32.2. The zero-order valence-corrected chi connectivity index (χ0v) is 19.3. The number of rotatable bonds is 5. The number of esters is 1. The van der Waals surface area contributed by atoms with Crippen LogP contribution in [-0.4, -0.2) is 74.5 Å². The molecule has 174 valence electrons. The Morgan fingerprint density at radius 2 is 1.97 bits per heavy atom. The molecule has 8 heteroatoms. The first-order valence-corrected chi connectivity index (χ1v) is 12.3. The molecule has 1 spiro atoms. The zero-order valence-electron chi connectivity index (χ0n) is 18.5. The minimum absolute atomic E-state index is 0.145. The second-order valence-corrected chi connectivity index (χ2v) is 10.5. The summed E-state index contributed by atoms with van der Waals surface area (Å²) in [4.78, 5) is 44.3. The maximum absolute atomic E-state index is 14.1. The van der Waals surface area contributed by atoms with Crippen LogP contribution in [0.3, 0.4) is 0 Å². The van der Waals surface area contributed by atoms with E-state index in [9.17, 15) is 19.5 Å². The van der Waals surface area contributed by atoms with E-state index < -0.39 is 34.6 Å². The quantitative estimate of drug-likeness (QED) is 0.524. The lowest BCUT2D eigenvalue weighted by molar-refractivity contribution is -0.152. The number of carbonyl (C=O) groups is 3. The van der Waals surface area contributed by atoms with Crippen LogP contribution < -0.4 is 0 Å². The molecule has 0 saturated carbocycles. The molecule has 4 aliphatic heterocycles. The van der Waals surface area contributed by atoms with E-state index in [0.717, 1.165) is 5.56 Å². The first-order valence-electron chi connectivity index (χ1n) is 11.5. The highest BCUT2D eigenvalue weighted by molar-refractivity contribution is 8.02. The van der Waals surface area contributed by atoms with Crippen molar-refractivity contribution in [1.29, 1.82) is 0 Å². The molecule has 33 heavy (non-hydrogen) atoms. The summed E-state index contributed by atoms with van der Waals surface area (Å²) in [6, 6.07) is 8.49. The first-order chi connectivity index (χ1) is 16.0. The largest absolute Gasteiger partial charge is 0.461 e. The molecule has 7 nitrogen and oxygen atoms in total. The number of likely N-dealkylation sites (tertiary alicyclic amines) is 1. The number of cyclic esters (lactones) is 1. The van der Waals surface area contributed by atoms with Crippen LogP contribution in [0, 0.1) is 11.8 Å². The molecule has 2 fully saturated rings. The van der Waals surface area contributed by atoms with Gasteiger partial charge in [-0.2, -0.15) is 0 Å². The molecule has 2 saturated heterocycles. The van der Waals surface area contributed by atoms with Crippen LogP contribution in [0.5, 0.6) is 0 Å². The van der Waals surface area contributed by atoms with Crippen molar-refractivity contribution >= 4 is 29.5 Å². The smallest absolute Gasteiger partial charge is 0.311 e. The number of hydrogen-bond donors (Lipinski definition) is 1. The predicted molar refractivity (Wildman–Crippen MR) is 124 cm³/mol. The first kappa shape index (κ1) is 22.2. The SMILES string of the molecule is CC[C@@H](CO)N1C(=O)[C@@H]2[C@H]3C(=O)OCC=C[C@H]3S[C@@]23C=CCN(Cc2ccccc2)C(=O)C13. The van der Waals surface area contributed by atoms with E-state index in [0.29, 0.717) is 19.5 Å². The number of fused-ring (bicyclic) bond motifs is 2. The Hall–Kier alpha value is -2.58. The van der Waals surface area contributed by atoms with Crippen molar-refractivity contribution in [3.05, 3.63) is 60.2 Å². The van der Waals surface area contributed by atoms with Gasteiger partial charge in [0.25, 0.3) is 0 Å². The molecule has 4 heterocycles. The van der Waals surface area contributed by atoms with Gasteiger partial charge in [-0.25, -0.2) is 0 Å². The van der Waals surface area contributed by atoms with Gasteiger partial charge in [0.1, 0.15) is 12.6 Å². The third kappa shape index (κ3) is 3.42. The molecule has 0 bridgehead atoms. The molecule has 1 unspecified atom stereocenters. The number of nitrogens with zero attached hydrogens (tertiary/aromatic N) is 2. The Morgan fingerprint density at radius 1 is 1.18 bits per heavy atom.